The molecule has 0 bridgehead atoms. The van der Waals surface area contributed by atoms with Gasteiger partial charge in [0.25, 0.3) is 0 Å². The Morgan fingerprint density at radius 3 is 2.62 bits per heavy atom. The van der Waals surface area contributed by atoms with Crippen LogP contribution in [-0.2, 0) is 6.54 Å². The van der Waals surface area contributed by atoms with Gasteiger partial charge in [-0.2, -0.15) is 4.98 Å². The lowest BCUT2D eigenvalue weighted by Gasteiger charge is -2.10. The largest absolute Gasteiger partial charge is 0.372 e. The number of benzene rings is 2. The van der Waals surface area contributed by atoms with E-state index >= 15 is 0 Å². The smallest absolute Gasteiger partial charge is 0.225 e. The summed E-state index contributed by atoms with van der Waals surface area (Å²) in [7, 11) is 1.84. The van der Waals surface area contributed by atoms with Gasteiger partial charge < -0.3 is 10.6 Å². The average Bonchev–Trinajstić information content (AvgIpc) is 2.53. The summed E-state index contributed by atoms with van der Waals surface area (Å²) in [6.45, 7) is 0.684. The van der Waals surface area contributed by atoms with Gasteiger partial charge in [-0.25, -0.2) is 4.98 Å². The van der Waals surface area contributed by atoms with Gasteiger partial charge in [-0.15, -0.1) is 0 Å². The Balaban J connectivity index is 1.91. The Hall–Kier alpha value is -2.33. The average molecular weight is 299 g/mol. The van der Waals surface area contributed by atoms with Crippen molar-refractivity contribution < 1.29 is 0 Å². The number of aromatic nitrogens is 2. The standard InChI is InChI=1S/C16H15ClN4/c1-18-15-13-9-12(17)7-8-14(13)20-16(21-15)19-10-11-5-3-2-4-6-11/h2-9H,10H2,1H3,(H2,18,19,20,21). The molecule has 4 nitrogen and oxygen atoms in total. The van der Waals surface area contributed by atoms with Crippen LogP contribution in [0.2, 0.25) is 5.02 Å². The fraction of sp³-hybridized carbons (Fsp3) is 0.125. The molecule has 0 unspecified atom stereocenters. The van der Waals surface area contributed by atoms with Crippen molar-refractivity contribution >= 4 is 34.3 Å². The molecule has 0 spiro atoms. The molecule has 0 saturated heterocycles. The maximum absolute atomic E-state index is 6.03. The van der Waals surface area contributed by atoms with Crippen molar-refractivity contribution in [2.45, 2.75) is 6.54 Å². The van der Waals surface area contributed by atoms with Gasteiger partial charge in [0, 0.05) is 24.0 Å². The molecule has 106 valence electrons. The van der Waals surface area contributed by atoms with Gasteiger partial charge in [0.2, 0.25) is 5.95 Å². The van der Waals surface area contributed by atoms with Gasteiger partial charge in [0.15, 0.2) is 0 Å². The van der Waals surface area contributed by atoms with Gasteiger partial charge in [0.1, 0.15) is 5.82 Å². The van der Waals surface area contributed by atoms with E-state index in [9.17, 15) is 0 Å². The second-order valence-corrected chi connectivity index (χ2v) is 5.08. The molecule has 0 aliphatic heterocycles. The molecule has 0 fully saturated rings. The number of rotatable bonds is 4. The number of hydrogen-bond acceptors (Lipinski definition) is 4. The molecule has 2 aromatic carbocycles. The summed E-state index contributed by atoms with van der Waals surface area (Å²) >= 11 is 6.03. The van der Waals surface area contributed by atoms with E-state index in [1.165, 1.54) is 5.56 Å². The van der Waals surface area contributed by atoms with Crippen LogP contribution in [-0.4, -0.2) is 17.0 Å². The molecule has 0 aliphatic carbocycles. The number of nitrogens with one attached hydrogen (secondary N) is 2. The van der Waals surface area contributed by atoms with Crippen molar-refractivity contribution in [3.8, 4) is 0 Å². The van der Waals surface area contributed by atoms with Gasteiger partial charge in [-0.1, -0.05) is 41.9 Å². The molecule has 0 amide bonds. The first kappa shape index (κ1) is 13.6. The molecule has 3 rings (SSSR count). The summed E-state index contributed by atoms with van der Waals surface area (Å²) in [5.74, 6) is 1.36. The fourth-order valence-corrected chi connectivity index (χ4v) is 2.32. The van der Waals surface area contributed by atoms with Crippen LogP contribution in [0.4, 0.5) is 11.8 Å². The summed E-state index contributed by atoms with van der Waals surface area (Å²) in [5, 5.41) is 7.92. The third-order valence-corrected chi connectivity index (χ3v) is 3.42. The molecule has 21 heavy (non-hydrogen) atoms. The predicted octanol–water partition coefficient (Wildman–Crippen LogP) is 3.94. The SMILES string of the molecule is CNc1nc(NCc2ccccc2)nc2ccc(Cl)cc12. The van der Waals surface area contributed by atoms with Gasteiger partial charge >= 0.3 is 0 Å². The van der Waals surface area contributed by atoms with E-state index in [1.807, 2.05) is 43.4 Å². The molecular formula is C16H15ClN4. The first-order chi connectivity index (χ1) is 10.3. The van der Waals surface area contributed by atoms with E-state index in [2.05, 4.69) is 32.7 Å². The van der Waals surface area contributed by atoms with Crippen LogP contribution in [0.25, 0.3) is 10.9 Å². The molecule has 2 N–H and O–H groups in total. The van der Waals surface area contributed by atoms with Crippen molar-refractivity contribution in [3.63, 3.8) is 0 Å². The Labute approximate surface area is 128 Å². The zero-order chi connectivity index (χ0) is 14.7. The van der Waals surface area contributed by atoms with Crippen LogP contribution in [0.1, 0.15) is 5.56 Å². The van der Waals surface area contributed by atoms with Crippen molar-refractivity contribution in [2.24, 2.45) is 0 Å². The van der Waals surface area contributed by atoms with Gasteiger partial charge in [-0.05, 0) is 23.8 Å². The normalized spacial score (nSPS) is 10.6. The van der Waals surface area contributed by atoms with E-state index in [1.54, 1.807) is 0 Å². The molecule has 5 heteroatoms. The Bertz CT molecular complexity index is 759. The van der Waals surface area contributed by atoms with Crippen LogP contribution in [0, 0.1) is 0 Å². The highest BCUT2D eigenvalue weighted by Crippen LogP contribution is 2.25. The van der Waals surface area contributed by atoms with E-state index in [0.29, 0.717) is 17.5 Å². The minimum Gasteiger partial charge on any atom is -0.372 e. The highest BCUT2D eigenvalue weighted by molar-refractivity contribution is 6.31. The molecular weight excluding hydrogens is 284 g/mol. The summed E-state index contributed by atoms with van der Waals surface area (Å²) in [5.41, 5.74) is 2.04. The topological polar surface area (TPSA) is 49.8 Å². The van der Waals surface area contributed by atoms with Crippen LogP contribution < -0.4 is 10.6 Å². The zero-order valence-corrected chi connectivity index (χ0v) is 12.4. The van der Waals surface area contributed by atoms with Crippen molar-refractivity contribution in [3.05, 3.63) is 59.1 Å². The monoisotopic (exact) mass is 298 g/mol. The Kier molecular flexibility index (Phi) is 3.88. The zero-order valence-electron chi connectivity index (χ0n) is 11.6. The highest BCUT2D eigenvalue weighted by atomic mass is 35.5. The number of nitrogens with zero attached hydrogens (tertiary/aromatic N) is 2. The van der Waals surface area contributed by atoms with Crippen molar-refractivity contribution in [1.29, 1.82) is 0 Å². The second-order valence-electron chi connectivity index (χ2n) is 4.65. The van der Waals surface area contributed by atoms with Gasteiger partial charge in [0.05, 0.1) is 5.52 Å². The minimum absolute atomic E-state index is 0.595. The van der Waals surface area contributed by atoms with Crippen LogP contribution in [0.15, 0.2) is 48.5 Å². The molecule has 0 radical (unpaired) electrons. The number of hydrogen-bond donors (Lipinski definition) is 2. The second kappa shape index (κ2) is 5.97. The third kappa shape index (κ3) is 3.06. The van der Waals surface area contributed by atoms with Crippen LogP contribution in [0.5, 0.6) is 0 Å². The van der Waals surface area contributed by atoms with E-state index in [-0.39, 0.29) is 0 Å². The third-order valence-electron chi connectivity index (χ3n) is 3.19. The van der Waals surface area contributed by atoms with Crippen molar-refractivity contribution in [1.82, 2.24) is 9.97 Å². The van der Waals surface area contributed by atoms with Gasteiger partial charge in [-0.3, -0.25) is 0 Å². The Morgan fingerprint density at radius 2 is 1.86 bits per heavy atom. The molecule has 0 aliphatic rings. The molecule has 0 atom stereocenters. The van der Waals surface area contributed by atoms with E-state index in [4.69, 9.17) is 11.6 Å². The quantitative estimate of drug-likeness (QED) is 0.766. The maximum Gasteiger partial charge on any atom is 0.225 e. The predicted molar refractivity (Wildman–Crippen MR) is 87.9 cm³/mol. The summed E-state index contributed by atoms with van der Waals surface area (Å²) in [4.78, 5) is 9.00. The molecule has 3 aromatic rings. The lowest BCUT2D eigenvalue weighted by Crippen LogP contribution is -2.06. The summed E-state index contributed by atoms with van der Waals surface area (Å²) in [6.07, 6.45) is 0. The first-order valence-electron chi connectivity index (χ1n) is 6.69. The minimum atomic E-state index is 0.595. The number of halogens is 1. The van der Waals surface area contributed by atoms with E-state index in [0.717, 1.165) is 16.7 Å². The first-order valence-corrected chi connectivity index (χ1v) is 7.07. The maximum atomic E-state index is 6.03. The number of fused-ring (bicyclic) bond motifs is 1. The molecule has 0 saturated carbocycles. The Morgan fingerprint density at radius 1 is 1.05 bits per heavy atom. The molecule has 1 heterocycles. The summed E-state index contributed by atoms with van der Waals surface area (Å²) in [6, 6.07) is 15.7. The lowest BCUT2D eigenvalue weighted by molar-refractivity contribution is 1.07. The molecule has 1 aromatic heterocycles. The van der Waals surface area contributed by atoms with Crippen LogP contribution >= 0.6 is 11.6 Å². The summed E-state index contributed by atoms with van der Waals surface area (Å²) < 4.78 is 0. The number of anilines is 2. The lowest BCUT2D eigenvalue weighted by atomic mass is 10.2. The van der Waals surface area contributed by atoms with Crippen molar-refractivity contribution in [2.75, 3.05) is 17.7 Å². The van der Waals surface area contributed by atoms with E-state index < -0.39 is 0 Å². The van der Waals surface area contributed by atoms with Crippen LogP contribution in [0.3, 0.4) is 0 Å². The fourth-order valence-electron chi connectivity index (χ4n) is 2.15. The highest BCUT2D eigenvalue weighted by Gasteiger charge is 2.07.